The zero-order valence-corrected chi connectivity index (χ0v) is 10.9. The molecule has 0 fully saturated rings. The fourth-order valence-corrected chi connectivity index (χ4v) is 2.21. The molecular formula is C9H18ClNO3S. The minimum Gasteiger partial charge on any atom is -0.349 e. The van der Waals surface area contributed by atoms with Gasteiger partial charge in [0.2, 0.25) is 5.91 Å². The van der Waals surface area contributed by atoms with E-state index in [-0.39, 0.29) is 5.88 Å². The summed E-state index contributed by atoms with van der Waals surface area (Å²) in [5, 5.41) is 2.69. The monoisotopic (exact) mass is 255 g/mol. The van der Waals surface area contributed by atoms with Crippen LogP contribution in [0.25, 0.3) is 0 Å². The lowest BCUT2D eigenvalue weighted by molar-refractivity contribution is -0.120. The van der Waals surface area contributed by atoms with Gasteiger partial charge < -0.3 is 5.32 Å². The van der Waals surface area contributed by atoms with Crippen LogP contribution in [-0.4, -0.2) is 37.8 Å². The Balaban J connectivity index is 4.50. The number of carbonyl (C=O) groups excluding carboxylic acids is 1. The van der Waals surface area contributed by atoms with Crippen LogP contribution < -0.4 is 5.32 Å². The molecule has 0 aliphatic rings. The van der Waals surface area contributed by atoms with Crippen LogP contribution in [0.5, 0.6) is 0 Å². The lowest BCUT2D eigenvalue weighted by Gasteiger charge is -2.30. The van der Waals surface area contributed by atoms with E-state index in [1.165, 1.54) is 0 Å². The van der Waals surface area contributed by atoms with Gasteiger partial charge in [-0.2, -0.15) is 0 Å². The predicted octanol–water partition coefficient (Wildman–Crippen LogP) is 0.945. The summed E-state index contributed by atoms with van der Waals surface area (Å²) in [4.78, 5) is 11.4. The quantitative estimate of drug-likeness (QED) is 0.719. The highest BCUT2D eigenvalue weighted by Gasteiger charge is 2.27. The van der Waals surface area contributed by atoms with Gasteiger partial charge in [-0.1, -0.05) is 13.8 Å². The Labute approximate surface area is 96.3 Å². The molecule has 0 saturated heterocycles. The first kappa shape index (κ1) is 14.7. The third-order valence-corrected chi connectivity index (χ3v) is 3.71. The summed E-state index contributed by atoms with van der Waals surface area (Å²) < 4.78 is 21.8. The van der Waals surface area contributed by atoms with Crippen molar-refractivity contribution in [2.45, 2.75) is 32.2 Å². The van der Waals surface area contributed by atoms with E-state index in [0.29, 0.717) is 12.8 Å². The maximum Gasteiger partial charge on any atom is 0.235 e. The first-order chi connectivity index (χ1) is 6.78. The van der Waals surface area contributed by atoms with Crippen LogP contribution in [0.1, 0.15) is 26.7 Å². The highest BCUT2D eigenvalue weighted by molar-refractivity contribution is 7.91. The van der Waals surface area contributed by atoms with E-state index in [1.807, 2.05) is 13.8 Å². The van der Waals surface area contributed by atoms with Crippen molar-refractivity contribution in [1.82, 2.24) is 5.32 Å². The van der Waals surface area contributed by atoms with Gasteiger partial charge >= 0.3 is 0 Å². The van der Waals surface area contributed by atoms with Crippen LogP contribution in [0.4, 0.5) is 0 Å². The normalized spacial score (nSPS) is 12.5. The Morgan fingerprint density at radius 3 is 2.07 bits per heavy atom. The maximum absolute atomic E-state index is 11.4. The summed E-state index contributed by atoms with van der Waals surface area (Å²) in [6.07, 6.45) is 2.40. The molecule has 0 atom stereocenters. The predicted molar refractivity (Wildman–Crippen MR) is 61.9 cm³/mol. The molecule has 1 N–H and O–H groups in total. The van der Waals surface area contributed by atoms with Crippen molar-refractivity contribution in [3.63, 3.8) is 0 Å². The zero-order valence-electron chi connectivity index (χ0n) is 9.34. The van der Waals surface area contributed by atoms with Crippen LogP contribution in [0.3, 0.4) is 0 Å². The van der Waals surface area contributed by atoms with Crippen molar-refractivity contribution in [3.8, 4) is 0 Å². The van der Waals surface area contributed by atoms with Gasteiger partial charge in [0.05, 0.1) is 5.54 Å². The lowest BCUT2D eigenvalue weighted by atomic mass is 9.95. The Bertz CT molecular complexity index is 301. The second-order valence-corrected chi connectivity index (χ2v) is 6.15. The van der Waals surface area contributed by atoms with Gasteiger partial charge in [-0.05, 0) is 12.8 Å². The first-order valence-electron chi connectivity index (χ1n) is 4.83. The minimum atomic E-state index is -3.28. The van der Waals surface area contributed by atoms with Gasteiger partial charge in [0.1, 0.15) is 5.75 Å². The molecule has 0 rings (SSSR count). The van der Waals surface area contributed by atoms with Crippen molar-refractivity contribution in [2.24, 2.45) is 0 Å². The number of amides is 1. The Hall–Kier alpha value is -0.290. The van der Waals surface area contributed by atoms with Crippen molar-refractivity contribution in [3.05, 3.63) is 0 Å². The molecule has 0 aromatic carbocycles. The van der Waals surface area contributed by atoms with Crippen molar-refractivity contribution < 1.29 is 13.2 Å². The number of hydrogen-bond acceptors (Lipinski definition) is 3. The SMILES string of the molecule is CCC(CC)(CCl)NC(=O)CS(C)(=O)=O. The molecule has 1 amide bonds. The first-order valence-corrected chi connectivity index (χ1v) is 7.43. The highest BCUT2D eigenvalue weighted by atomic mass is 35.5. The number of carbonyl (C=O) groups is 1. The Morgan fingerprint density at radius 2 is 1.80 bits per heavy atom. The molecule has 0 aliphatic heterocycles. The fraction of sp³-hybridized carbons (Fsp3) is 0.889. The van der Waals surface area contributed by atoms with E-state index < -0.39 is 27.0 Å². The highest BCUT2D eigenvalue weighted by Crippen LogP contribution is 2.16. The fourth-order valence-electron chi connectivity index (χ4n) is 1.22. The summed E-state index contributed by atoms with van der Waals surface area (Å²) in [6.45, 7) is 3.82. The van der Waals surface area contributed by atoms with Gasteiger partial charge in [0.15, 0.2) is 9.84 Å². The molecule has 0 saturated carbocycles. The van der Waals surface area contributed by atoms with Crippen LogP contribution >= 0.6 is 11.6 Å². The van der Waals surface area contributed by atoms with E-state index in [2.05, 4.69) is 5.32 Å². The number of alkyl halides is 1. The molecule has 4 nitrogen and oxygen atoms in total. The number of sulfone groups is 1. The number of hydrogen-bond donors (Lipinski definition) is 1. The summed E-state index contributed by atoms with van der Waals surface area (Å²) in [6, 6.07) is 0. The molecule has 6 heteroatoms. The molecule has 15 heavy (non-hydrogen) atoms. The third kappa shape index (κ3) is 5.37. The maximum atomic E-state index is 11.4. The molecule has 0 aromatic heterocycles. The number of rotatable bonds is 6. The molecule has 90 valence electrons. The molecule has 0 aromatic rings. The van der Waals surface area contributed by atoms with Crippen molar-refractivity contribution in [2.75, 3.05) is 17.9 Å². The zero-order chi connectivity index (χ0) is 12.1. The summed E-state index contributed by atoms with van der Waals surface area (Å²) >= 11 is 5.78. The lowest BCUT2D eigenvalue weighted by Crippen LogP contribution is -2.50. The van der Waals surface area contributed by atoms with E-state index in [1.54, 1.807) is 0 Å². The second-order valence-electron chi connectivity index (χ2n) is 3.74. The summed E-state index contributed by atoms with van der Waals surface area (Å²) in [5.74, 6) is -0.678. The number of nitrogens with one attached hydrogen (secondary N) is 1. The van der Waals surface area contributed by atoms with E-state index in [0.717, 1.165) is 6.26 Å². The van der Waals surface area contributed by atoms with Crippen LogP contribution in [0.2, 0.25) is 0 Å². The van der Waals surface area contributed by atoms with Crippen LogP contribution in [-0.2, 0) is 14.6 Å². The Morgan fingerprint density at radius 1 is 1.33 bits per heavy atom. The third-order valence-electron chi connectivity index (χ3n) is 2.41. The second kappa shape index (κ2) is 5.70. The molecule has 0 spiro atoms. The largest absolute Gasteiger partial charge is 0.349 e. The molecular weight excluding hydrogens is 238 g/mol. The topological polar surface area (TPSA) is 63.2 Å². The summed E-state index contributed by atoms with van der Waals surface area (Å²) in [7, 11) is -3.28. The van der Waals surface area contributed by atoms with Crippen LogP contribution in [0.15, 0.2) is 0 Å². The molecule has 0 radical (unpaired) electrons. The molecule has 0 unspecified atom stereocenters. The average molecular weight is 256 g/mol. The minimum absolute atomic E-state index is 0.287. The Kier molecular flexibility index (Phi) is 5.59. The van der Waals surface area contributed by atoms with Gasteiger partial charge in [-0.3, -0.25) is 4.79 Å². The molecule has 0 aliphatic carbocycles. The smallest absolute Gasteiger partial charge is 0.235 e. The summed E-state index contributed by atoms with van der Waals surface area (Å²) in [5.41, 5.74) is -0.483. The average Bonchev–Trinajstić information content (AvgIpc) is 2.11. The van der Waals surface area contributed by atoms with E-state index >= 15 is 0 Å². The van der Waals surface area contributed by atoms with Gasteiger partial charge in [-0.15, -0.1) is 11.6 Å². The van der Waals surface area contributed by atoms with Crippen molar-refractivity contribution >= 4 is 27.3 Å². The van der Waals surface area contributed by atoms with E-state index in [9.17, 15) is 13.2 Å². The van der Waals surface area contributed by atoms with Gasteiger partial charge in [0, 0.05) is 12.1 Å². The molecule has 0 heterocycles. The van der Waals surface area contributed by atoms with E-state index in [4.69, 9.17) is 11.6 Å². The van der Waals surface area contributed by atoms with Crippen molar-refractivity contribution in [1.29, 1.82) is 0 Å². The van der Waals surface area contributed by atoms with Gasteiger partial charge in [0.25, 0.3) is 0 Å². The van der Waals surface area contributed by atoms with Crippen LogP contribution in [0, 0.1) is 0 Å². The standard InChI is InChI=1S/C9H18ClNO3S/c1-4-9(5-2,7-10)11-8(12)6-15(3,13)14/h4-7H2,1-3H3,(H,11,12). The molecule has 0 bridgehead atoms. The number of halogens is 1. The van der Waals surface area contributed by atoms with Gasteiger partial charge in [-0.25, -0.2) is 8.42 Å².